The zero-order chi connectivity index (χ0) is 14.5. The second-order valence-corrected chi connectivity index (χ2v) is 4.74. The lowest BCUT2D eigenvalue weighted by Gasteiger charge is -2.41. The third kappa shape index (κ3) is 2.79. The Balaban J connectivity index is 2.24. The Morgan fingerprint density at radius 1 is 0.900 bits per heavy atom. The van der Waals surface area contributed by atoms with Gasteiger partial charge in [0.05, 0.1) is 26.3 Å². The molecule has 0 aromatic rings. The highest BCUT2D eigenvalue weighted by Gasteiger charge is 2.36. The van der Waals surface area contributed by atoms with Crippen LogP contribution in [0.3, 0.4) is 0 Å². The Labute approximate surface area is 118 Å². The molecule has 0 aromatic carbocycles. The predicted octanol–water partition coefficient (Wildman–Crippen LogP) is 1.78. The van der Waals surface area contributed by atoms with Gasteiger partial charge in [0.15, 0.2) is 0 Å². The van der Waals surface area contributed by atoms with Crippen LogP contribution in [0.4, 0.5) is 9.59 Å². The first-order valence-corrected chi connectivity index (χ1v) is 6.71. The summed E-state index contributed by atoms with van der Waals surface area (Å²) in [5.74, 6) is 0. The molecule has 2 atom stereocenters. The van der Waals surface area contributed by atoms with Gasteiger partial charge in [-0.15, -0.1) is 0 Å². The number of carbonyl (C=O) groups is 2. The second-order valence-electron chi connectivity index (χ2n) is 4.74. The number of methoxy groups -OCH3 is 2. The molecule has 2 heterocycles. The number of rotatable bonds is 1. The van der Waals surface area contributed by atoms with Crippen LogP contribution in [-0.4, -0.2) is 61.4 Å². The molecular formula is C14H20N2O4. The maximum atomic E-state index is 11.9. The highest BCUT2D eigenvalue weighted by molar-refractivity contribution is 5.71. The van der Waals surface area contributed by atoms with E-state index in [1.54, 1.807) is 9.80 Å². The van der Waals surface area contributed by atoms with E-state index in [1.165, 1.54) is 14.2 Å². The lowest BCUT2D eigenvalue weighted by Crippen LogP contribution is -2.55. The van der Waals surface area contributed by atoms with Crippen LogP contribution >= 0.6 is 0 Å². The van der Waals surface area contributed by atoms with Crippen molar-refractivity contribution in [2.45, 2.75) is 24.9 Å². The van der Waals surface area contributed by atoms with Crippen molar-refractivity contribution in [1.82, 2.24) is 9.80 Å². The molecule has 20 heavy (non-hydrogen) atoms. The van der Waals surface area contributed by atoms with Crippen molar-refractivity contribution in [3.05, 3.63) is 24.3 Å². The Bertz CT molecular complexity index is 393. The molecule has 110 valence electrons. The molecule has 2 amide bonds. The van der Waals surface area contributed by atoms with E-state index in [9.17, 15) is 9.59 Å². The molecule has 0 aliphatic carbocycles. The summed E-state index contributed by atoms with van der Waals surface area (Å²) in [6, 6.07) is -0.432. The van der Waals surface area contributed by atoms with Crippen LogP contribution in [0, 0.1) is 0 Å². The number of hydrogen-bond donors (Lipinski definition) is 0. The van der Waals surface area contributed by atoms with Crippen LogP contribution in [0.2, 0.25) is 0 Å². The van der Waals surface area contributed by atoms with Crippen molar-refractivity contribution in [3.63, 3.8) is 0 Å². The first-order valence-electron chi connectivity index (χ1n) is 6.71. The van der Waals surface area contributed by atoms with Gasteiger partial charge in [-0.3, -0.25) is 9.80 Å². The quantitative estimate of drug-likeness (QED) is 0.687. The summed E-state index contributed by atoms with van der Waals surface area (Å²) in [5, 5.41) is 0. The fourth-order valence-corrected chi connectivity index (χ4v) is 2.66. The average Bonchev–Trinajstić information content (AvgIpc) is 2.53. The number of amides is 2. The smallest absolute Gasteiger partial charge is 0.410 e. The highest BCUT2D eigenvalue weighted by atomic mass is 16.5. The van der Waals surface area contributed by atoms with Gasteiger partial charge in [-0.1, -0.05) is 24.3 Å². The molecule has 2 aliphatic rings. The predicted molar refractivity (Wildman–Crippen MR) is 73.3 cm³/mol. The molecule has 0 bridgehead atoms. The fraction of sp³-hybridized carbons (Fsp3) is 0.571. The minimum atomic E-state index is -0.372. The second kappa shape index (κ2) is 6.45. The summed E-state index contributed by atoms with van der Waals surface area (Å²) in [4.78, 5) is 27.1. The molecule has 0 spiro atoms. The van der Waals surface area contributed by atoms with Gasteiger partial charge in [0, 0.05) is 13.1 Å². The van der Waals surface area contributed by atoms with Gasteiger partial charge in [0.1, 0.15) is 0 Å². The molecule has 0 aromatic heterocycles. The van der Waals surface area contributed by atoms with Crippen LogP contribution in [-0.2, 0) is 9.47 Å². The molecule has 2 rings (SSSR count). The van der Waals surface area contributed by atoms with Crippen molar-refractivity contribution >= 4 is 12.2 Å². The molecular weight excluding hydrogens is 260 g/mol. The van der Waals surface area contributed by atoms with Crippen LogP contribution in [0.5, 0.6) is 0 Å². The third-order valence-electron chi connectivity index (χ3n) is 3.63. The maximum Gasteiger partial charge on any atom is 0.410 e. The van der Waals surface area contributed by atoms with E-state index in [1.807, 2.05) is 24.3 Å². The standard InChI is InChI=1S/C14H20N2O4/c1-19-13(17)15-9-5-3-7-11(15)12-8-4-6-10-16(12)14(18)20-2/h3-4,7-8,11-12H,5-6,9-10H2,1-2H3. The zero-order valence-electron chi connectivity index (χ0n) is 11.8. The molecule has 0 saturated heterocycles. The normalized spacial score (nSPS) is 25.5. The van der Waals surface area contributed by atoms with Gasteiger partial charge in [0.25, 0.3) is 0 Å². The van der Waals surface area contributed by atoms with Crippen LogP contribution in [0.25, 0.3) is 0 Å². The Hall–Kier alpha value is -1.98. The van der Waals surface area contributed by atoms with E-state index in [-0.39, 0.29) is 24.3 Å². The summed E-state index contributed by atoms with van der Waals surface area (Å²) < 4.78 is 9.65. The first kappa shape index (κ1) is 14.4. The largest absolute Gasteiger partial charge is 0.453 e. The minimum Gasteiger partial charge on any atom is -0.453 e. The maximum absolute atomic E-state index is 11.9. The van der Waals surface area contributed by atoms with E-state index in [0.29, 0.717) is 13.1 Å². The average molecular weight is 280 g/mol. The number of nitrogens with zero attached hydrogens (tertiary/aromatic N) is 2. The first-order chi connectivity index (χ1) is 9.69. The van der Waals surface area contributed by atoms with Crippen molar-refractivity contribution in [2.24, 2.45) is 0 Å². The molecule has 6 heteroatoms. The Morgan fingerprint density at radius 2 is 1.30 bits per heavy atom. The van der Waals surface area contributed by atoms with Crippen molar-refractivity contribution < 1.29 is 19.1 Å². The van der Waals surface area contributed by atoms with Crippen molar-refractivity contribution in [2.75, 3.05) is 27.3 Å². The Kier molecular flexibility index (Phi) is 4.65. The lowest BCUT2D eigenvalue weighted by molar-refractivity contribution is 0.0725. The van der Waals surface area contributed by atoms with Crippen molar-refractivity contribution in [1.29, 1.82) is 0 Å². The van der Waals surface area contributed by atoms with E-state index in [0.717, 1.165) is 12.8 Å². The van der Waals surface area contributed by atoms with Gasteiger partial charge in [0.2, 0.25) is 0 Å². The summed E-state index contributed by atoms with van der Waals surface area (Å²) in [6.45, 7) is 1.18. The van der Waals surface area contributed by atoms with Crippen LogP contribution < -0.4 is 0 Å². The number of hydrogen-bond acceptors (Lipinski definition) is 4. The summed E-state index contributed by atoms with van der Waals surface area (Å²) in [6.07, 6.45) is 8.81. The van der Waals surface area contributed by atoms with Crippen LogP contribution in [0.1, 0.15) is 12.8 Å². The summed E-state index contributed by atoms with van der Waals surface area (Å²) in [5.41, 5.74) is 0. The fourth-order valence-electron chi connectivity index (χ4n) is 2.66. The van der Waals surface area contributed by atoms with Crippen molar-refractivity contribution in [3.8, 4) is 0 Å². The molecule has 2 unspecified atom stereocenters. The SMILES string of the molecule is COC(=O)N1CCC=CC1C1C=CCCN1C(=O)OC. The number of ether oxygens (including phenoxy) is 2. The molecule has 0 saturated carbocycles. The van der Waals surface area contributed by atoms with E-state index in [2.05, 4.69) is 0 Å². The van der Waals surface area contributed by atoms with Gasteiger partial charge in [-0.05, 0) is 12.8 Å². The number of carbonyl (C=O) groups excluding carboxylic acids is 2. The highest BCUT2D eigenvalue weighted by Crippen LogP contribution is 2.23. The summed E-state index contributed by atoms with van der Waals surface area (Å²) in [7, 11) is 2.74. The zero-order valence-corrected chi connectivity index (χ0v) is 11.8. The van der Waals surface area contributed by atoms with E-state index in [4.69, 9.17) is 9.47 Å². The topological polar surface area (TPSA) is 59.1 Å². The molecule has 6 nitrogen and oxygen atoms in total. The van der Waals surface area contributed by atoms with Gasteiger partial charge >= 0.3 is 12.2 Å². The molecule has 0 radical (unpaired) electrons. The lowest BCUT2D eigenvalue weighted by atomic mass is 9.98. The van der Waals surface area contributed by atoms with Crippen LogP contribution in [0.15, 0.2) is 24.3 Å². The summed E-state index contributed by atoms with van der Waals surface area (Å²) >= 11 is 0. The molecule has 0 N–H and O–H groups in total. The van der Waals surface area contributed by atoms with Gasteiger partial charge in [-0.2, -0.15) is 0 Å². The Morgan fingerprint density at radius 3 is 1.65 bits per heavy atom. The van der Waals surface area contributed by atoms with E-state index < -0.39 is 0 Å². The molecule has 2 aliphatic heterocycles. The van der Waals surface area contributed by atoms with Gasteiger partial charge < -0.3 is 9.47 Å². The molecule has 0 fully saturated rings. The van der Waals surface area contributed by atoms with Gasteiger partial charge in [-0.25, -0.2) is 9.59 Å². The minimum absolute atomic E-state index is 0.216. The monoisotopic (exact) mass is 280 g/mol. The third-order valence-corrected chi connectivity index (χ3v) is 3.63. The van der Waals surface area contributed by atoms with E-state index >= 15 is 0 Å².